The van der Waals surface area contributed by atoms with Crippen LogP contribution in [0.3, 0.4) is 0 Å². The van der Waals surface area contributed by atoms with Crippen LogP contribution in [0.25, 0.3) is 28.2 Å². The third kappa shape index (κ3) is 3.19. The number of benzene rings is 3. The summed E-state index contributed by atoms with van der Waals surface area (Å²) >= 11 is 6.04. The SMILES string of the molecule is COc1ccc(-c2nn(-c3ccccc3)nc2-c2ccc(Cl)cc2)cc1. The van der Waals surface area contributed by atoms with Gasteiger partial charge in [-0.3, -0.25) is 0 Å². The van der Waals surface area contributed by atoms with Crippen LogP contribution in [0.2, 0.25) is 5.02 Å². The van der Waals surface area contributed by atoms with Gasteiger partial charge in [0.2, 0.25) is 0 Å². The number of para-hydroxylation sites is 1. The van der Waals surface area contributed by atoms with Crippen LogP contribution in [0.15, 0.2) is 78.9 Å². The van der Waals surface area contributed by atoms with E-state index in [2.05, 4.69) is 0 Å². The van der Waals surface area contributed by atoms with Crippen LogP contribution in [0.4, 0.5) is 0 Å². The Morgan fingerprint density at radius 1 is 0.731 bits per heavy atom. The van der Waals surface area contributed by atoms with E-state index in [0.29, 0.717) is 5.02 Å². The Kier molecular flexibility index (Phi) is 4.42. The molecule has 0 radical (unpaired) electrons. The highest BCUT2D eigenvalue weighted by Crippen LogP contribution is 2.31. The second kappa shape index (κ2) is 7.02. The van der Waals surface area contributed by atoms with Gasteiger partial charge in [0, 0.05) is 16.1 Å². The van der Waals surface area contributed by atoms with Crippen LogP contribution in [0.5, 0.6) is 5.75 Å². The number of ether oxygens (including phenoxy) is 1. The highest BCUT2D eigenvalue weighted by atomic mass is 35.5. The van der Waals surface area contributed by atoms with Crippen LogP contribution in [0.1, 0.15) is 0 Å². The first-order chi connectivity index (χ1) is 12.7. The molecule has 0 aliphatic carbocycles. The Morgan fingerprint density at radius 3 is 1.81 bits per heavy atom. The molecule has 0 amide bonds. The fourth-order valence-corrected chi connectivity index (χ4v) is 2.85. The largest absolute Gasteiger partial charge is 0.497 e. The van der Waals surface area contributed by atoms with Gasteiger partial charge in [0.15, 0.2) is 0 Å². The van der Waals surface area contributed by atoms with Gasteiger partial charge in [0.25, 0.3) is 0 Å². The van der Waals surface area contributed by atoms with Crippen LogP contribution in [-0.4, -0.2) is 22.1 Å². The lowest BCUT2D eigenvalue weighted by atomic mass is 10.1. The highest BCUT2D eigenvalue weighted by Gasteiger charge is 2.16. The summed E-state index contributed by atoms with van der Waals surface area (Å²) in [4.78, 5) is 1.66. The second-order valence-corrected chi connectivity index (χ2v) is 6.19. The van der Waals surface area contributed by atoms with Gasteiger partial charge >= 0.3 is 0 Å². The molecule has 26 heavy (non-hydrogen) atoms. The maximum Gasteiger partial charge on any atom is 0.121 e. The van der Waals surface area contributed by atoms with E-state index in [1.54, 1.807) is 11.9 Å². The summed E-state index contributed by atoms with van der Waals surface area (Å²) in [5.74, 6) is 0.803. The Morgan fingerprint density at radius 2 is 1.27 bits per heavy atom. The van der Waals surface area contributed by atoms with Crippen molar-refractivity contribution >= 4 is 11.6 Å². The van der Waals surface area contributed by atoms with Crippen molar-refractivity contribution in [3.05, 3.63) is 83.9 Å². The molecule has 0 aliphatic heterocycles. The summed E-state index contributed by atoms with van der Waals surface area (Å²) in [5, 5.41) is 10.2. The van der Waals surface area contributed by atoms with Crippen molar-refractivity contribution in [1.82, 2.24) is 15.0 Å². The highest BCUT2D eigenvalue weighted by molar-refractivity contribution is 6.30. The van der Waals surface area contributed by atoms with Gasteiger partial charge in [-0.2, -0.15) is 4.80 Å². The van der Waals surface area contributed by atoms with Crippen molar-refractivity contribution in [2.24, 2.45) is 0 Å². The van der Waals surface area contributed by atoms with Gasteiger partial charge in [0.05, 0.1) is 12.8 Å². The van der Waals surface area contributed by atoms with Crippen LogP contribution in [0, 0.1) is 0 Å². The minimum atomic E-state index is 0.690. The summed E-state index contributed by atoms with van der Waals surface area (Å²) in [5.41, 5.74) is 4.44. The predicted octanol–water partition coefficient (Wildman–Crippen LogP) is 5.26. The molecular formula is C21H16ClN3O. The van der Waals surface area contributed by atoms with Gasteiger partial charge in [0.1, 0.15) is 17.1 Å². The van der Waals surface area contributed by atoms with E-state index in [1.807, 2.05) is 78.9 Å². The molecule has 4 nitrogen and oxygen atoms in total. The summed E-state index contributed by atoms with van der Waals surface area (Å²) in [7, 11) is 1.65. The Labute approximate surface area is 156 Å². The van der Waals surface area contributed by atoms with E-state index in [1.165, 1.54) is 0 Å². The predicted molar refractivity (Wildman–Crippen MR) is 104 cm³/mol. The standard InChI is InChI=1S/C21H16ClN3O/c1-26-19-13-9-16(10-14-19)21-20(15-7-11-17(22)12-8-15)23-25(24-21)18-5-3-2-4-6-18/h2-14H,1H3. The number of rotatable bonds is 4. The fraction of sp³-hybridized carbons (Fsp3) is 0.0476. The van der Waals surface area contributed by atoms with E-state index < -0.39 is 0 Å². The zero-order chi connectivity index (χ0) is 17.9. The van der Waals surface area contributed by atoms with Gasteiger partial charge < -0.3 is 4.74 Å². The quantitative estimate of drug-likeness (QED) is 0.497. The molecule has 0 bridgehead atoms. The zero-order valence-electron chi connectivity index (χ0n) is 14.1. The molecule has 0 aliphatic rings. The van der Waals surface area contributed by atoms with E-state index in [-0.39, 0.29) is 0 Å². The number of aromatic nitrogens is 3. The zero-order valence-corrected chi connectivity index (χ0v) is 14.9. The lowest BCUT2D eigenvalue weighted by molar-refractivity contribution is 0.415. The second-order valence-electron chi connectivity index (χ2n) is 5.76. The molecule has 0 saturated heterocycles. The molecule has 0 unspecified atom stereocenters. The van der Waals surface area contributed by atoms with Gasteiger partial charge in [-0.25, -0.2) is 0 Å². The molecule has 1 aromatic heterocycles. The van der Waals surface area contributed by atoms with E-state index >= 15 is 0 Å². The molecule has 5 heteroatoms. The maximum atomic E-state index is 6.04. The first-order valence-electron chi connectivity index (χ1n) is 8.18. The molecule has 0 N–H and O–H groups in total. The normalized spacial score (nSPS) is 10.7. The molecule has 4 aromatic rings. The Bertz CT molecular complexity index is 1010. The molecule has 0 spiro atoms. The minimum Gasteiger partial charge on any atom is -0.497 e. The van der Waals surface area contributed by atoms with Gasteiger partial charge in [-0.1, -0.05) is 41.9 Å². The number of hydrogen-bond acceptors (Lipinski definition) is 3. The molecule has 1 heterocycles. The lowest BCUT2D eigenvalue weighted by Gasteiger charge is -2.03. The number of halogens is 1. The smallest absolute Gasteiger partial charge is 0.121 e. The van der Waals surface area contributed by atoms with E-state index in [0.717, 1.165) is 34.0 Å². The molecule has 0 atom stereocenters. The van der Waals surface area contributed by atoms with E-state index in [9.17, 15) is 0 Å². The van der Waals surface area contributed by atoms with Crippen LogP contribution in [-0.2, 0) is 0 Å². The van der Waals surface area contributed by atoms with Crippen molar-refractivity contribution in [2.45, 2.75) is 0 Å². The average molecular weight is 362 g/mol. The maximum absolute atomic E-state index is 6.04. The first kappa shape index (κ1) is 16.4. The molecule has 0 saturated carbocycles. The summed E-state index contributed by atoms with van der Waals surface area (Å²) in [6, 6.07) is 25.3. The van der Waals surface area contributed by atoms with Crippen molar-refractivity contribution in [3.8, 4) is 34.0 Å². The Balaban J connectivity index is 1.87. The number of nitrogens with zero attached hydrogens (tertiary/aromatic N) is 3. The summed E-state index contributed by atoms with van der Waals surface area (Å²) < 4.78 is 5.25. The number of methoxy groups -OCH3 is 1. The topological polar surface area (TPSA) is 39.9 Å². The van der Waals surface area contributed by atoms with Crippen molar-refractivity contribution in [1.29, 1.82) is 0 Å². The molecular weight excluding hydrogens is 346 g/mol. The monoisotopic (exact) mass is 361 g/mol. The molecule has 0 fully saturated rings. The van der Waals surface area contributed by atoms with Crippen molar-refractivity contribution < 1.29 is 4.74 Å². The van der Waals surface area contributed by atoms with Crippen molar-refractivity contribution in [2.75, 3.05) is 7.11 Å². The Hall–Kier alpha value is -3.11. The average Bonchev–Trinajstić information content (AvgIpc) is 3.15. The number of hydrogen-bond donors (Lipinski definition) is 0. The first-order valence-corrected chi connectivity index (χ1v) is 8.55. The van der Waals surface area contributed by atoms with Gasteiger partial charge in [-0.05, 0) is 48.5 Å². The third-order valence-electron chi connectivity index (χ3n) is 4.08. The molecule has 3 aromatic carbocycles. The van der Waals surface area contributed by atoms with Crippen LogP contribution >= 0.6 is 11.6 Å². The summed E-state index contributed by atoms with van der Waals surface area (Å²) in [6.07, 6.45) is 0. The lowest BCUT2D eigenvalue weighted by Crippen LogP contribution is -1.98. The summed E-state index contributed by atoms with van der Waals surface area (Å²) in [6.45, 7) is 0. The fourth-order valence-electron chi connectivity index (χ4n) is 2.73. The van der Waals surface area contributed by atoms with Crippen LogP contribution < -0.4 is 4.74 Å². The molecule has 4 rings (SSSR count). The van der Waals surface area contributed by atoms with Crippen molar-refractivity contribution in [3.63, 3.8) is 0 Å². The molecule has 128 valence electrons. The van der Waals surface area contributed by atoms with Gasteiger partial charge in [-0.15, -0.1) is 10.2 Å². The third-order valence-corrected chi connectivity index (χ3v) is 4.33. The minimum absolute atomic E-state index is 0.690. The van der Waals surface area contributed by atoms with E-state index in [4.69, 9.17) is 26.5 Å².